The van der Waals surface area contributed by atoms with Gasteiger partial charge in [-0.2, -0.15) is 5.10 Å². The molecule has 1 aliphatic heterocycles. The number of nitrogens with one attached hydrogen (secondary N) is 2. The van der Waals surface area contributed by atoms with Crippen molar-refractivity contribution in [2.24, 2.45) is 4.99 Å². The average molecular weight is 555 g/mol. The van der Waals surface area contributed by atoms with E-state index >= 15 is 0 Å². The molecular weight excluding hydrogens is 521 g/mol. The molecule has 1 saturated heterocycles. The highest BCUT2D eigenvalue weighted by atomic mass is 127. The number of guanidine groups is 1. The van der Waals surface area contributed by atoms with Gasteiger partial charge in [-0.05, 0) is 30.7 Å². The molecule has 1 fully saturated rings. The highest BCUT2D eigenvalue weighted by molar-refractivity contribution is 14.0. The highest BCUT2D eigenvalue weighted by Crippen LogP contribution is 2.11. The first-order valence-corrected chi connectivity index (χ1v) is 10.8. The summed E-state index contributed by atoms with van der Waals surface area (Å²) in [4.78, 5) is 21.3. The van der Waals surface area contributed by atoms with Crippen LogP contribution >= 0.6 is 24.0 Å². The first-order chi connectivity index (χ1) is 15.2. The summed E-state index contributed by atoms with van der Waals surface area (Å²) in [5, 5.41) is 10.6. The third kappa shape index (κ3) is 8.06. The van der Waals surface area contributed by atoms with Gasteiger partial charge in [-0.3, -0.25) is 9.69 Å². The molecule has 1 aromatic carbocycles. The average Bonchev–Trinajstić information content (AvgIpc) is 3.33. The third-order valence-electron chi connectivity index (χ3n) is 5.09. The van der Waals surface area contributed by atoms with E-state index in [4.69, 9.17) is 9.73 Å². The van der Waals surface area contributed by atoms with E-state index < -0.39 is 0 Å². The van der Waals surface area contributed by atoms with Crippen LogP contribution in [-0.4, -0.2) is 91.0 Å². The van der Waals surface area contributed by atoms with Crippen molar-refractivity contribution in [1.82, 2.24) is 30.2 Å². The zero-order valence-corrected chi connectivity index (χ0v) is 21.2. The number of benzene rings is 1. The zero-order valence-electron chi connectivity index (χ0n) is 18.9. The van der Waals surface area contributed by atoms with Crippen molar-refractivity contribution in [2.75, 3.05) is 59.5 Å². The quantitative estimate of drug-likeness (QED) is 0.210. The molecular formula is C22H34IN7O2. The van der Waals surface area contributed by atoms with E-state index in [2.05, 4.69) is 44.6 Å². The zero-order chi connectivity index (χ0) is 21.9. The van der Waals surface area contributed by atoms with E-state index in [1.165, 1.54) is 0 Å². The fraction of sp³-hybridized carbons (Fsp3) is 0.500. The van der Waals surface area contributed by atoms with Crippen LogP contribution in [0.5, 0.6) is 0 Å². The van der Waals surface area contributed by atoms with E-state index in [1.54, 1.807) is 13.3 Å². The lowest BCUT2D eigenvalue weighted by Gasteiger charge is -2.36. The number of methoxy groups -OCH3 is 1. The van der Waals surface area contributed by atoms with Crippen molar-refractivity contribution in [3.05, 3.63) is 48.3 Å². The van der Waals surface area contributed by atoms with Crippen LogP contribution in [0, 0.1) is 0 Å². The molecule has 1 aromatic heterocycles. The van der Waals surface area contributed by atoms with Crippen LogP contribution in [0.2, 0.25) is 0 Å². The maximum atomic E-state index is 12.0. The summed E-state index contributed by atoms with van der Waals surface area (Å²) < 4.78 is 6.82. The SMILES string of the molecule is CCNC(=NCc1cccc(-n2cccn2)c1)N1CCN(CC(=O)NCCOC)CC1.I. The Kier molecular flexibility index (Phi) is 11.5. The molecule has 32 heavy (non-hydrogen) atoms. The van der Waals surface area contributed by atoms with E-state index in [0.29, 0.717) is 26.2 Å². The molecule has 0 radical (unpaired) electrons. The van der Waals surface area contributed by atoms with E-state index in [1.807, 2.05) is 29.1 Å². The number of carbonyl (C=O) groups excluding carboxylic acids is 1. The Balaban J connectivity index is 0.00000363. The van der Waals surface area contributed by atoms with Gasteiger partial charge in [0.1, 0.15) is 0 Å². The van der Waals surface area contributed by atoms with Gasteiger partial charge in [0.15, 0.2) is 5.96 Å². The first kappa shape index (κ1) is 26.1. The van der Waals surface area contributed by atoms with Gasteiger partial charge in [-0.1, -0.05) is 12.1 Å². The Labute approximate surface area is 207 Å². The van der Waals surface area contributed by atoms with Crippen molar-refractivity contribution >= 4 is 35.8 Å². The number of ether oxygens (including phenoxy) is 1. The predicted octanol–water partition coefficient (Wildman–Crippen LogP) is 1.34. The topological polar surface area (TPSA) is 87.0 Å². The number of nitrogens with zero attached hydrogens (tertiary/aromatic N) is 5. The summed E-state index contributed by atoms with van der Waals surface area (Å²) in [6.45, 7) is 8.33. The number of piperazine rings is 1. The number of amides is 1. The number of hydrogen-bond acceptors (Lipinski definition) is 5. The molecule has 0 saturated carbocycles. The number of carbonyl (C=O) groups is 1. The normalized spacial score (nSPS) is 14.7. The Hall–Kier alpha value is -2.18. The monoisotopic (exact) mass is 555 g/mol. The van der Waals surface area contributed by atoms with E-state index in [-0.39, 0.29) is 29.9 Å². The summed E-state index contributed by atoms with van der Waals surface area (Å²) in [5.74, 6) is 0.958. The fourth-order valence-electron chi connectivity index (χ4n) is 3.48. The third-order valence-corrected chi connectivity index (χ3v) is 5.09. The second-order valence-corrected chi connectivity index (χ2v) is 7.40. The number of halogens is 1. The van der Waals surface area contributed by atoms with Crippen molar-refractivity contribution in [1.29, 1.82) is 0 Å². The molecule has 176 valence electrons. The van der Waals surface area contributed by atoms with Gasteiger partial charge in [0.25, 0.3) is 0 Å². The molecule has 10 heteroatoms. The second kappa shape index (κ2) is 14.1. The molecule has 0 bridgehead atoms. The summed E-state index contributed by atoms with van der Waals surface area (Å²) in [6, 6.07) is 10.2. The van der Waals surface area contributed by atoms with Crippen molar-refractivity contribution < 1.29 is 9.53 Å². The van der Waals surface area contributed by atoms with Gasteiger partial charge >= 0.3 is 0 Å². The molecule has 3 rings (SSSR count). The summed E-state index contributed by atoms with van der Waals surface area (Å²) in [5.41, 5.74) is 2.16. The minimum absolute atomic E-state index is 0. The molecule has 1 amide bonds. The van der Waals surface area contributed by atoms with Crippen LogP contribution in [0.3, 0.4) is 0 Å². The van der Waals surface area contributed by atoms with Crippen molar-refractivity contribution in [3.8, 4) is 5.69 Å². The largest absolute Gasteiger partial charge is 0.383 e. The van der Waals surface area contributed by atoms with Crippen LogP contribution < -0.4 is 10.6 Å². The van der Waals surface area contributed by atoms with Gasteiger partial charge in [0, 0.05) is 58.8 Å². The molecule has 0 unspecified atom stereocenters. The number of aliphatic imine (C=N–C) groups is 1. The lowest BCUT2D eigenvalue weighted by molar-refractivity contribution is -0.122. The van der Waals surface area contributed by atoms with Gasteiger partial charge in [0.05, 0.1) is 25.4 Å². The minimum atomic E-state index is 0. The summed E-state index contributed by atoms with van der Waals surface area (Å²) in [7, 11) is 1.63. The Morgan fingerprint density at radius 2 is 2.00 bits per heavy atom. The van der Waals surface area contributed by atoms with Crippen LogP contribution in [0.1, 0.15) is 12.5 Å². The summed E-state index contributed by atoms with van der Waals surface area (Å²) in [6.07, 6.45) is 3.71. The van der Waals surface area contributed by atoms with Crippen LogP contribution in [0.15, 0.2) is 47.7 Å². The highest BCUT2D eigenvalue weighted by Gasteiger charge is 2.21. The fourth-order valence-corrected chi connectivity index (χ4v) is 3.48. The molecule has 2 N–H and O–H groups in total. The van der Waals surface area contributed by atoms with Crippen LogP contribution in [-0.2, 0) is 16.1 Å². The Morgan fingerprint density at radius 1 is 1.19 bits per heavy atom. The molecule has 2 aromatic rings. The molecule has 0 aliphatic carbocycles. The minimum Gasteiger partial charge on any atom is -0.383 e. The van der Waals surface area contributed by atoms with E-state index in [0.717, 1.165) is 49.9 Å². The molecule has 0 spiro atoms. The maximum absolute atomic E-state index is 12.0. The van der Waals surface area contributed by atoms with Crippen LogP contribution in [0.25, 0.3) is 5.69 Å². The molecule has 0 atom stereocenters. The molecule has 2 heterocycles. The van der Waals surface area contributed by atoms with Crippen LogP contribution in [0.4, 0.5) is 0 Å². The number of hydrogen-bond donors (Lipinski definition) is 2. The van der Waals surface area contributed by atoms with Gasteiger partial charge in [-0.15, -0.1) is 24.0 Å². The summed E-state index contributed by atoms with van der Waals surface area (Å²) >= 11 is 0. The van der Waals surface area contributed by atoms with Gasteiger partial charge in [-0.25, -0.2) is 9.67 Å². The maximum Gasteiger partial charge on any atom is 0.234 e. The van der Waals surface area contributed by atoms with E-state index in [9.17, 15) is 4.79 Å². The molecule has 1 aliphatic rings. The number of rotatable bonds is 9. The predicted molar refractivity (Wildman–Crippen MR) is 137 cm³/mol. The Morgan fingerprint density at radius 3 is 2.69 bits per heavy atom. The second-order valence-electron chi connectivity index (χ2n) is 7.40. The standard InChI is InChI=1S/C22H33N7O2.HI/c1-3-23-22(25-17-19-6-4-7-20(16-19)29-10-5-8-26-29)28-13-11-27(12-14-28)18-21(30)24-9-15-31-2;/h4-8,10,16H,3,9,11-15,17-18H2,1-2H3,(H,23,25)(H,24,30);1H. The number of aromatic nitrogens is 2. The van der Waals surface area contributed by atoms with Gasteiger partial charge < -0.3 is 20.3 Å². The molecule has 9 nitrogen and oxygen atoms in total. The van der Waals surface area contributed by atoms with Crippen molar-refractivity contribution in [3.63, 3.8) is 0 Å². The first-order valence-electron chi connectivity index (χ1n) is 10.8. The van der Waals surface area contributed by atoms with Crippen molar-refractivity contribution in [2.45, 2.75) is 13.5 Å². The lowest BCUT2D eigenvalue weighted by Crippen LogP contribution is -2.54. The smallest absolute Gasteiger partial charge is 0.234 e. The lowest BCUT2D eigenvalue weighted by atomic mass is 10.2. The van der Waals surface area contributed by atoms with Gasteiger partial charge in [0.2, 0.25) is 5.91 Å². The Bertz CT molecular complexity index is 837.